The molecule has 2 fully saturated rings. The maximum absolute atomic E-state index is 12.2. The molecule has 1 atom stereocenters. The van der Waals surface area contributed by atoms with Crippen LogP contribution >= 0.6 is 0 Å². The van der Waals surface area contributed by atoms with Gasteiger partial charge in [-0.05, 0) is 26.7 Å². The number of likely N-dealkylation sites (tertiary alicyclic amines) is 1. The summed E-state index contributed by atoms with van der Waals surface area (Å²) >= 11 is 0. The second kappa shape index (κ2) is 7.32. The highest BCUT2D eigenvalue weighted by Crippen LogP contribution is 2.32. The fraction of sp³-hybridized carbons (Fsp3) is 0.765. The zero-order valence-corrected chi connectivity index (χ0v) is 14.5. The van der Waals surface area contributed by atoms with Gasteiger partial charge in [0.1, 0.15) is 0 Å². The Morgan fingerprint density at radius 2 is 2.12 bits per heavy atom. The normalized spacial score (nSPS) is 21.9. The molecule has 1 saturated carbocycles. The molecule has 1 aliphatic carbocycles. The quantitative estimate of drug-likeness (QED) is 0.854. The molecule has 1 saturated heterocycles. The maximum atomic E-state index is 12.2. The van der Waals surface area contributed by atoms with Crippen LogP contribution in [0.4, 0.5) is 0 Å². The summed E-state index contributed by atoms with van der Waals surface area (Å²) < 4.78 is 5.34. The highest BCUT2D eigenvalue weighted by atomic mass is 16.5. The van der Waals surface area contributed by atoms with Gasteiger partial charge in [-0.3, -0.25) is 9.59 Å². The van der Waals surface area contributed by atoms with E-state index < -0.39 is 0 Å². The van der Waals surface area contributed by atoms with Crippen LogP contribution in [-0.2, 0) is 16.0 Å². The highest BCUT2D eigenvalue weighted by molar-refractivity contribution is 5.89. The lowest BCUT2D eigenvalue weighted by atomic mass is 10.1. The molecular formula is C17H26N4O3. The van der Waals surface area contributed by atoms with E-state index >= 15 is 0 Å². The van der Waals surface area contributed by atoms with Crippen molar-refractivity contribution in [3.05, 3.63) is 11.7 Å². The van der Waals surface area contributed by atoms with Gasteiger partial charge in [-0.25, -0.2) is 0 Å². The first-order valence-electron chi connectivity index (χ1n) is 8.94. The molecule has 0 radical (unpaired) electrons. The summed E-state index contributed by atoms with van der Waals surface area (Å²) in [4.78, 5) is 30.3. The van der Waals surface area contributed by atoms with Crippen molar-refractivity contribution < 1.29 is 14.1 Å². The third kappa shape index (κ3) is 3.76. The van der Waals surface area contributed by atoms with E-state index in [4.69, 9.17) is 4.52 Å². The van der Waals surface area contributed by atoms with E-state index in [1.807, 2.05) is 13.8 Å². The molecule has 1 N–H and O–H groups in total. The van der Waals surface area contributed by atoms with Gasteiger partial charge in [0.2, 0.25) is 17.7 Å². The van der Waals surface area contributed by atoms with E-state index in [0.717, 1.165) is 18.7 Å². The molecule has 24 heavy (non-hydrogen) atoms. The first-order valence-corrected chi connectivity index (χ1v) is 8.94. The van der Waals surface area contributed by atoms with Gasteiger partial charge in [-0.2, -0.15) is 4.98 Å². The molecule has 1 aliphatic heterocycles. The molecular weight excluding hydrogens is 308 g/mol. The molecule has 132 valence electrons. The second-order valence-corrected chi connectivity index (χ2v) is 7.11. The smallest absolute Gasteiger partial charge is 0.229 e. The summed E-state index contributed by atoms with van der Waals surface area (Å²) in [7, 11) is 0. The number of hydrogen-bond acceptors (Lipinski definition) is 5. The van der Waals surface area contributed by atoms with Gasteiger partial charge in [0, 0.05) is 37.9 Å². The minimum absolute atomic E-state index is 0.0597. The number of rotatable bonds is 6. The Bertz CT molecular complexity index is 592. The molecule has 1 aromatic rings. The summed E-state index contributed by atoms with van der Waals surface area (Å²) in [6, 6.07) is 0.142. The third-order valence-corrected chi connectivity index (χ3v) is 4.99. The van der Waals surface area contributed by atoms with Gasteiger partial charge < -0.3 is 14.7 Å². The van der Waals surface area contributed by atoms with Crippen LogP contribution in [0.3, 0.4) is 0 Å². The van der Waals surface area contributed by atoms with Crippen molar-refractivity contribution in [2.24, 2.45) is 5.92 Å². The van der Waals surface area contributed by atoms with E-state index in [1.54, 1.807) is 4.90 Å². The summed E-state index contributed by atoms with van der Waals surface area (Å²) in [6.07, 6.45) is 5.56. The minimum Gasteiger partial charge on any atom is -0.355 e. The largest absolute Gasteiger partial charge is 0.355 e. The predicted octanol–water partition coefficient (Wildman–Crippen LogP) is 1.64. The van der Waals surface area contributed by atoms with E-state index in [-0.39, 0.29) is 23.8 Å². The molecule has 7 heteroatoms. The molecule has 3 rings (SSSR count). The Hall–Kier alpha value is -1.92. The van der Waals surface area contributed by atoms with E-state index in [0.29, 0.717) is 37.7 Å². The zero-order chi connectivity index (χ0) is 17.1. The Labute approximate surface area is 142 Å². The van der Waals surface area contributed by atoms with Gasteiger partial charge >= 0.3 is 0 Å². The average Bonchev–Trinajstić information content (AvgIpc) is 3.26. The number of nitrogens with zero attached hydrogens (tertiary/aromatic N) is 3. The van der Waals surface area contributed by atoms with Crippen LogP contribution in [0.2, 0.25) is 0 Å². The first kappa shape index (κ1) is 16.9. The summed E-state index contributed by atoms with van der Waals surface area (Å²) in [5.41, 5.74) is 0. The number of hydrogen-bond donors (Lipinski definition) is 1. The maximum Gasteiger partial charge on any atom is 0.229 e. The van der Waals surface area contributed by atoms with Crippen LogP contribution in [0.15, 0.2) is 4.52 Å². The SMILES string of the molecule is CC(C)N1CC(C(=O)NCCc2noc(C3CCCC3)n2)CC1=O. The lowest BCUT2D eigenvalue weighted by molar-refractivity contribution is -0.129. The number of carbonyl (C=O) groups excluding carboxylic acids is 2. The Kier molecular flexibility index (Phi) is 5.16. The van der Waals surface area contributed by atoms with E-state index in [1.165, 1.54) is 12.8 Å². The first-order chi connectivity index (χ1) is 11.5. The van der Waals surface area contributed by atoms with Gasteiger partial charge in [0.15, 0.2) is 5.82 Å². The average molecular weight is 334 g/mol. The summed E-state index contributed by atoms with van der Waals surface area (Å²) in [6.45, 7) is 4.91. The zero-order valence-electron chi connectivity index (χ0n) is 14.5. The fourth-order valence-corrected chi connectivity index (χ4v) is 3.56. The molecule has 0 aromatic carbocycles. The molecule has 2 aliphatic rings. The number of amides is 2. The minimum atomic E-state index is -0.251. The van der Waals surface area contributed by atoms with Crippen molar-refractivity contribution in [3.63, 3.8) is 0 Å². The van der Waals surface area contributed by atoms with Gasteiger partial charge in [0.05, 0.1) is 5.92 Å². The highest BCUT2D eigenvalue weighted by Gasteiger charge is 2.35. The third-order valence-electron chi connectivity index (χ3n) is 4.99. The molecule has 0 bridgehead atoms. The van der Waals surface area contributed by atoms with Crippen LogP contribution in [-0.4, -0.2) is 46.0 Å². The van der Waals surface area contributed by atoms with Crippen LogP contribution in [0.1, 0.15) is 63.6 Å². The van der Waals surface area contributed by atoms with Crippen molar-refractivity contribution in [1.82, 2.24) is 20.4 Å². The van der Waals surface area contributed by atoms with Crippen molar-refractivity contribution in [2.75, 3.05) is 13.1 Å². The molecule has 2 heterocycles. The number of carbonyl (C=O) groups is 2. The molecule has 2 amide bonds. The Balaban J connectivity index is 1.43. The lowest BCUT2D eigenvalue weighted by Gasteiger charge is -2.20. The van der Waals surface area contributed by atoms with Crippen molar-refractivity contribution in [3.8, 4) is 0 Å². The molecule has 7 nitrogen and oxygen atoms in total. The van der Waals surface area contributed by atoms with Gasteiger partial charge in [0.25, 0.3) is 0 Å². The summed E-state index contributed by atoms with van der Waals surface area (Å²) in [5.74, 6) is 1.54. The van der Waals surface area contributed by atoms with Crippen LogP contribution < -0.4 is 5.32 Å². The van der Waals surface area contributed by atoms with E-state index in [9.17, 15) is 9.59 Å². The predicted molar refractivity (Wildman–Crippen MR) is 87.2 cm³/mol. The molecule has 1 aromatic heterocycles. The monoisotopic (exact) mass is 334 g/mol. The van der Waals surface area contributed by atoms with Crippen molar-refractivity contribution >= 4 is 11.8 Å². The molecule has 0 spiro atoms. The standard InChI is InChI=1S/C17H26N4O3/c1-11(2)21-10-13(9-15(21)22)16(23)18-8-7-14-19-17(24-20-14)12-5-3-4-6-12/h11-13H,3-10H2,1-2H3,(H,18,23). The lowest BCUT2D eigenvalue weighted by Crippen LogP contribution is -2.36. The topological polar surface area (TPSA) is 88.3 Å². The van der Waals surface area contributed by atoms with Crippen LogP contribution in [0, 0.1) is 5.92 Å². The van der Waals surface area contributed by atoms with Gasteiger partial charge in [-0.1, -0.05) is 18.0 Å². The van der Waals surface area contributed by atoms with Gasteiger partial charge in [-0.15, -0.1) is 0 Å². The second-order valence-electron chi connectivity index (χ2n) is 7.11. The van der Waals surface area contributed by atoms with E-state index in [2.05, 4.69) is 15.5 Å². The van der Waals surface area contributed by atoms with Crippen molar-refractivity contribution in [2.45, 2.75) is 64.3 Å². The summed E-state index contributed by atoms with van der Waals surface area (Å²) in [5, 5.41) is 6.90. The molecule has 1 unspecified atom stereocenters. The van der Waals surface area contributed by atoms with Crippen LogP contribution in [0.25, 0.3) is 0 Å². The fourth-order valence-electron chi connectivity index (χ4n) is 3.56. The Morgan fingerprint density at radius 1 is 1.38 bits per heavy atom. The number of aromatic nitrogens is 2. The Morgan fingerprint density at radius 3 is 2.79 bits per heavy atom. The number of nitrogens with one attached hydrogen (secondary N) is 1. The van der Waals surface area contributed by atoms with Crippen molar-refractivity contribution in [1.29, 1.82) is 0 Å². The van der Waals surface area contributed by atoms with Crippen LogP contribution in [0.5, 0.6) is 0 Å².